The van der Waals surface area contributed by atoms with Crippen molar-refractivity contribution in [3.05, 3.63) is 29.8 Å². The number of alkyl halides is 2. The van der Waals surface area contributed by atoms with Crippen LogP contribution < -0.4 is 10.1 Å². The lowest BCUT2D eigenvalue weighted by Gasteiger charge is -2.33. The number of β-amino-alcohol motifs (C(OH)–C–C–N with tert-alkyl or cyclic N) is 1. The first-order chi connectivity index (χ1) is 11.4. The molecule has 7 heteroatoms. The summed E-state index contributed by atoms with van der Waals surface area (Å²) < 4.78 is 28.4. The molecule has 0 bridgehead atoms. The first-order valence-electron chi connectivity index (χ1n) is 8.15. The third-order valence-electron chi connectivity index (χ3n) is 4.25. The fourth-order valence-electron chi connectivity index (χ4n) is 2.70. The van der Waals surface area contributed by atoms with Gasteiger partial charge >= 0.3 is 6.61 Å². The van der Waals surface area contributed by atoms with Crippen LogP contribution in [0.4, 0.5) is 8.78 Å². The van der Waals surface area contributed by atoms with Gasteiger partial charge in [0.2, 0.25) is 5.91 Å². The number of hydrogen-bond acceptors (Lipinski definition) is 4. The molecular formula is C17H24F2N2O3. The van der Waals surface area contributed by atoms with Gasteiger partial charge in [-0.2, -0.15) is 8.78 Å². The number of likely N-dealkylation sites (tertiary alicyclic amines) is 1. The molecule has 0 radical (unpaired) electrons. The molecule has 1 aliphatic heterocycles. The number of ether oxygens (including phenoxy) is 1. The Labute approximate surface area is 140 Å². The molecule has 1 heterocycles. The fraction of sp³-hybridized carbons (Fsp3) is 0.588. The van der Waals surface area contributed by atoms with Crippen molar-refractivity contribution >= 4 is 5.91 Å². The number of nitrogens with zero attached hydrogens (tertiary/aromatic N) is 1. The molecule has 0 spiro atoms. The van der Waals surface area contributed by atoms with Gasteiger partial charge in [0.1, 0.15) is 5.75 Å². The fourth-order valence-corrected chi connectivity index (χ4v) is 2.70. The van der Waals surface area contributed by atoms with Crippen molar-refractivity contribution in [2.75, 3.05) is 26.2 Å². The summed E-state index contributed by atoms with van der Waals surface area (Å²) in [4.78, 5) is 13.9. The molecule has 134 valence electrons. The minimum absolute atomic E-state index is 0.0746. The summed E-state index contributed by atoms with van der Waals surface area (Å²) in [5.74, 6) is 0.325. The van der Waals surface area contributed by atoms with Crippen LogP contribution >= 0.6 is 0 Å². The van der Waals surface area contributed by atoms with Gasteiger partial charge in [-0.05, 0) is 43.0 Å². The summed E-state index contributed by atoms with van der Waals surface area (Å²) in [7, 11) is 0. The summed E-state index contributed by atoms with van der Waals surface area (Å²) in [5.41, 5.74) is 0.930. The highest BCUT2D eigenvalue weighted by atomic mass is 19.3. The molecule has 2 N–H and O–H groups in total. The van der Waals surface area contributed by atoms with E-state index in [0.717, 1.165) is 18.5 Å². The molecule has 24 heavy (non-hydrogen) atoms. The lowest BCUT2D eigenvalue weighted by Crippen LogP contribution is -2.47. The molecule has 1 fully saturated rings. The number of amides is 1. The predicted octanol–water partition coefficient (Wildman–Crippen LogP) is 1.65. The van der Waals surface area contributed by atoms with Crippen molar-refractivity contribution in [3.63, 3.8) is 0 Å². The van der Waals surface area contributed by atoms with Crippen LogP contribution in [-0.4, -0.2) is 54.8 Å². The number of benzene rings is 1. The Balaban J connectivity index is 1.67. The van der Waals surface area contributed by atoms with Crippen molar-refractivity contribution in [3.8, 4) is 5.75 Å². The lowest BCUT2D eigenvalue weighted by atomic mass is 9.96. The minimum atomic E-state index is -2.83. The highest BCUT2D eigenvalue weighted by Gasteiger charge is 2.25. The number of aliphatic hydroxyl groups excluding tert-OH is 1. The maximum atomic E-state index is 12.1. The molecule has 2 atom stereocenters. The van der Waals surface area contributed by atoms with Crippen LogP contribution in [-0.2, 0) is 11.2 Å². The quantitative estimate of drug-likeness (QED) is 0.791. The third kappa shape index (κ3) is 6.05. The number of carbonyl (C=O) groups excluding carboxylic acids is 1. The minimum Gasteiger partial charge on any atom is -0.435 e. The molecule has 1 saturated heterocycles. The standard InChI is InChI=1S/C17H24F2N2O3/c1-12-7-9-21(10-15(12)22)11-16(23)20-8-6-13-2-4-14(5-3-13)24-17(18)19/h2-5,12,15,17,22H,6-11H2,1H3,(H,20,23). The summed E-state index contributed by atoms with van der Waals surface area (Å²) in [6, 6.07) is 6.37. The SMILES string of the molecule is CC1CCN(CC(=O)NCCc2ccc(OC(F)F)cc2)CC1O. The molecule has 5 nitrogen and oxygen atoms in total. The number of halogens is 2. The molecule has 1 aromatic rings. The van der Waals surface area contributed by atoms with Crippen molar-refractivity contribution in [1.29, 1.82) is 0 Å². The van der Waals surface area contributed by atoms with Gasteiger partial charge in [0.15, 0.2) is 0 Å². The van der Waals surface area contributed by atoms with Crippen molar-refractivity contribution in [2.45, 2.75) is 32.5 Å². The average Bonchev–Trinajstić information content (AvgIpc) is 2.52. The van der Waals surface area contributed by atoms with E-state index in [-0.39, 0.29) is 30.2 Å². The first-order valence-corrected chi connectivity index (χ1v) is 8.15. The topological polar surface area (TPSA) is 61.8 Å². The van der Waals surface area contributed by atoms with E-state index in [1.165, 1.54) is 12.1 Å². The first kappa shape index (κ1) is 18.6. The van der Waals surface area contributed by atoms with Crippen molar-refractivity contribution < 1.29 is 23.4 Å². The van der Waals surface area contributed by atoms with Gasteiger partial charge in [0.05, 0.1) is 12.6 Å². The highest BCUT2D eigenvalue weighted by Crippen LogP contribution is 2.16. The summed E-state index contributed by atoms with van der Waals surface area (Å²) >= 11 is 0. The second kappa shape index (κ2) is 8.94. The molecule has 2 unspecified atom stereocenters. The van der Waals surface area contributed by atoms with E-state index < -0.39 is 6.61 Å². The van der Waals surface area contributed by atoms with E-state index in [1.807, 2.05) is 11.8 Å². The molecule has 2 rings (SSSR count). The number of carbonyl (C=O) groups is 1. The Morgan fingerprint density at radius 1 is 1.42 bits per heavy atom. The van der Waals surface area contributed by atoms with Gasteiger partial charge in [-0.15, -0.1) is 0 Å². The molecular weight excluding hydrogens is 318 g/mol. The Morgan fingerprint density at radius 2 is 2.12 bits per heavy atom. The zero-order valence-electron chi connectivity index (χ0n) is 13.8. The second-order valence-corrected chi connectivity index (χ2v) is 6.19. The van der Waals surface area contributed by atoms with Crippen LogP contribution in [0.2, 0.25) is 0 Å². The number of rotatable bonds is 7. The van der Waals surface area contributed by atoms with Crippen LogP contribution in [0.3, 0.4) is 0 Å². The van der Waals surface area contributed by atoms with E-state index >= 15 is 0 Å². The van der Waals surface area contributed by atoms with Crippen molar-refractivity contribution in [2.24, 2.45) is 5.92 Å². The second-order valence-electron chi connectivity index (χ2n) is 6.19. The number of hydrogen-bond donors (Lipinski definition) is 2. The highest BCUT2D eigenvalue weighted by molar-refractivity contribution is 5.78. The zero-order valence-corrected chi connectivity index (χ0v) is 13.8. The molecule has 1 aliphatic rings. The zero-order chi connectivity index (χ0) is 17.5. The smallest absolute Gasteiger partial charge is 0.387 e. The van der Waals surface area contributed by atoms with E-state index in [4.69, 9.17) is 0 Å². The van der Waals surface area contributed by atoms with Gasteiger partial charge in [-0.3, -0.25) is 9.69 Å². The lowest BCUT2D eigenvalue weighted by molar-refractivity contribution is -0.123. The van der Waals surface area contributed by atoms with Gasteiger partial charge in [-0.25, -0.2) is 0 Å². The summed E-state index contributed by atoms with van der Waals surface area (Å²) in [6.45, 7) is 1.29. The Kier molecular flexibility index (Phi) is 6.93. The van der Waals surface area contributed by atoms with E-state index in [0.29, 0.717) is 19.5 Å². The normalized spacial score (nSPS) is 21.7. The van der Waals surface area contributed by atoms with E-state index in [9.17, 15) is 18.7 Å². The average molecular weight is 342 g/mol. The van der Waals surface area contributed by atoms with Gasteiger partial charge in [0, 0.05) is 13.1 Å². The van der Waals surface area contributed by atoms with Crippen LogP contribution in [0.1, 0.15) is 18.9 Å². The monoisotopic (exact) mass is 342 g/mol. The van der Waals surface area contributed by atoms with Crippen LogP contribution in [0.5, 0.6) is 5.75 Å². The maximum Gasteiger partial charge on any atom is 0.387 e. The Hall–Kier alpha value is -1.73. The molecule has 0 saturated carbocycles. The third-order valence-corrected chi connectivity index (χ3v) is 4.25. The predicted molar refractivity (Wildman–Crippen MR) is 86.0 cm³/mol. The van der Waals surface area contributed by atoms with Gasteiger partial charge < -0.3 is 15.2 Å². The number of piperidine rings is 1. The molecule has 1 amide bonds. The van der Waals surface area contributed by atoms with Crippen LogP contribution in [0, 0.1) is 5.92 Å². The summed E-state index contributed by atoms with van der Waals surface area (Å²) in [5, 5.41) is 12.7. The maximum absolute atomic E-state index is 12.1. The molecule has 0 aromatic heterocycles. The Morgan fingerprint density at radius 3 is 2.75 bits per heavy atom. The van der Waals surface area contributed by atoms with Crippen LogP contribution in [0.15, 0.2) is 24.3 Å². The summed E-state index contributed by atoms with van der Waals surface area (Å²) in [6.07, 6.45) is 1.13. The number of nitrogens with one attached hydrogen (secondary N) is 1. The number of aliphatic hydroxyl groups is 1. The van der Waals surface area contributed by atoms with Crippen molar-refractivity contribution in [1.82, 2.24) is 10.2 Å². The van der Waals surface area contributed by atoms with Gasteiger partial charge in [0.25, 0.3) is 0 Å². The Bertz CT molecular complexity index is 525. The van der Waals surface area contributed by atoms with E-state index in [2.05, 4.69) is 10.1 Å². The van der Waals surface area contributed by atoms with E-state index in [1.54, 1.807) is 12.1 Å². The molecule has 1 aromatic carbocycles. The van der Waals surface area contributed by atoms with Gasteiger partial charge in [-0.1, -0.05) is 19.1 Å². The molecule has 0 aliphatic carbocycles. The van der Waals surface area contributed by atoms with Crippen LogP contribution in [0.25, 0.3) is 0 Å². The largest absolute Gasteiger partial charge is 0.435 e.